The monoisotopic (exact) mass is 300 g/mol. The zero-order valence-corrected chi connectivity index (χ0v) is 13.3. The fourth-order valence-electron chi connectivity index (χ4n) is 3.95. The molecule has 1 saturated heterocycles. The van der Waals surface area contributed by atoms with Gasteiger partial charge in [-0.25, -0.2) is 4.79 Å². The summed E-state index contributed by atoms with van der Waals surface area (Å²) in [4.78, 5) is 12.3. The highest BCUT2D eigenvalue weighted by Crippen LogP contribution is 2.57. The van der Waals surface area contributed by atoms with E-state index in [1.165, 1.54) is 24.8 Å². The highest BCUT2D eigenvalue weighted by atomic mass is 16.5. The molecule has 0 aromatic heterocycles. The lowest BCUT2D eigenvalue weighted by Gasteiger charge is -2.31. The molecular weight excluding hydrogens is 276 g/mol. The summed E-state index contributed by atoms with van der Waals surface area (Å²) in [6.45, 7) is 4.88. The van der Waals surface area contributed by atoms with E-state index in [0.29, 0.717) is 5.92 Å². The molecule has 0 spiro atoms. The maximum absolute atomic E-state index is 12.3. The van der Waals surface area contributed by atoms with Crippen LogP contribution in [0.25, 0.3) is 0 Å². The van der Waals surface area contributed by atoms with Gasteiger partial charge < -0.3 is 15.4 Å². The second kappa shape index (κ2) is 4.72. The fourth-order valence-corrected chi connectivity index (χ4v) is 3.95. The number of carbonyl (C=O) groups is 1. The van der Waals surface area contributed by atoms with E-state index in [1.807, 2.05) is 12.1 Å². The SMILES string of the molecule is CC1(C)OCC2CC21NC(=O)Nc1ccc(C2CCC2)cc1. The van der Waals surface area contributed by atoms with Gasteiger partial charge in [0.05, 0.1) is 17.7 Å². The first-order valence-electron chi connectivity index (χ1n) is 8.33. The predicted molar refractivity (Wildman–Crippen MR) is 86.1 cm³/mol. The highest BCUT2D eigenvalue weighted by molar-refractivity contribution is 5.90. The van der Waals surface area contributed by atoms with Crippen LogP contribution in [-0.4, -0.2) is 23.8 Å². The molecular formula is C18H24N2O2. The van der Waals surface area contributed by atoms with E-state index in [0.717, 1.165) is 24.6 Å². The molecule has 22 heavy (non-hydrogen) atoms. The number of fused-ring (bicyclic) bond motifs is 1. The summed E-state index contributed by atoms with van der Waals surface area (Å²) in [5.74, 6) is 1.19. The van der Waals surface area contributed by atoms with Crippen molar-refractivity contribution in [3.63, 3.8) is 0 Å². The highest BCUT2D eigenvalue weighted by Gasteiger charge is 2.69. The standard InChI is InChI=1S/C18H24N2O2/c1-17(2)18(10-14(18)11-22-17)20-16(21)19-15-8-6-13(7-9-15)12-4-3-5-12/h6-9,12,14H,3-5,10-11H2,1-2H3,(H2,19,20,21). The third-order valence-electron chi connectivity index (χ3n) is 5.91. The maximum atomic E-state index is 12.3. The van der Waals surface area contributed by atoms with Crippen LogP contribution in [-0.2, 0) is 4.74 Å². The van der Waals surface area contributed by atoms with Crippen molar-refractivity contribution < 1.29 is 9.53 Å². The average Bonchev–Trinajstić information content (AvgIpc) is 3.06. The molecule has 2 atom stereocenters. The number of nitrogens with one attached hydrogen (secondary N) is 2. The van der Waals surface area contributed by atoms with E-state index in [2.05, 4.69) is 36.6 Å². The normalized spacial score (nSPS) is 32.0. The number of urea groups is 1. The lowest BCUT2D eigenvalue weighted by atomic mass is 9.80. The topological polar surface area (TPSA) is 50.4 Å². The number of anilines is 1. The van der Waals surface area contributed by atoms with E-state index >= 15 is 0 Å². The van der Waals surface area contributed by atoms with Crippen LogP contribution in [0.4, 0.5) is 10.5 Å². The van der Waals surface area contributed by atoms with Gasteiger partial charge >= 0.3 is 6.03 Å². The van der Waals surface area contributed by atoms with Gasteiger partial charge in [-0.1, -0.05) is 18.6 Å². The summed E-state index contributed by atoms with van der Waals surface area (Å²) in [5, 5.41) is 6.11. The molecule has 1 aromatic rings. The van der Waals surface area contributed by atoms with Gasteiger partial charge in [-0.2, -0.15) is 0 Å². The van der Waals surface area contributed by atoms with Crippen LogP contribution in [0, 0.1) is 5.92 Å². The van der Waals surface area contributed by atoms with E-state index in [4.69, 9.17) is 4.74 Å². The molecule has 1 aromatic carbocycles. The molecule has 0 bridgehead atoms. The lowest BCUT2D eigenvalue weighted by molar-refractivity contribution is -0.00667. The molecule has 1 aliphatic heterocycles. The van der Waals surface area contributed by atoms with Gasteiger partial charge in [0, 0.05) is 11.6 Å². The first kappa shape index (κ1) is 14.1. The van der Waals surface area contributed by atoms with Crippen LogP contribution in [0.15, 0.2) is 24.3 Å². The first-order chi connectivity index (χ1) is 10.5. The molecule has 2 N–H and O–H groups in total. The van der Waals surface area contributed by atoms with Crippen molar-refractivity contribution in [2.24, 2.45) is 5.92 Å². The average molecular weight is 300 g/mol. The molecule has 4 heteroatoms. The summed E-state index contributed by atoms with van der Waals surface area (Å²) < 4.78 is 5.78. The van der Waals surface area contributed by atoms with Crippen LogP contribution in [0.1, 0.15) is 51.0 Å². The van der Waals surface area contributed by atoms with Crippen molar-refractivity contribution in [1.82, 2.24) is 5.32 Å². The van der Waals surface area contributed by atoms with Crippen molar-refractivity contribution in [3.05, 3.63) is 29.8 Å². The Labute approximate surface area is 131 Å². The molecule has 0 radical (unpaired) electrons. The Balaban J connectivity index is 1.38. The second-order valence-corrected chi connectivity index (χ2v) is 7.52. The minimum Gasteiger partial charge on any atom is -0.373 e. The van der Waals surface area contributed by atoms with Crippen molar-refractivity contribution in [1.29, 1.82) is 0 Å². The van der Waals surface area contributed by atoms with Crippen LogP contribution in [0.3, 0.4) is 0 Å². The van der Waals surface area contributed by atoms with Crippen molar-refractivity contribution >= 4 is 11.7 Å². The van der Waals surface area contributed by atoms with Gasteiger partial charge in [0.1, 0.15) is 0 Å². The second-order valence-electron chi connectivity index (χ2n) is 7.52. The molecule has 2 amide bonds. The largest absolute Gasteiger partial charge is 0.373 e. The van der Waals surface area contributed by atoms with Gasteiger partial charge in [0.2, 0.25) is 0 Å². The number of ether oxygens (including phenoxy) is 1. The first-order valence-corrected chi connectivity index (χ1v) is 8.33. The van der Waals surface area contributed by atoms with Gasteiger partial charge in [0.15, 0.2) is 0 Å². The Morgan fingerprint density at radius 1 is 1.23 bits per heavy atom. The van der Waals surface area contributed by atoms with Gasteiger partial charge in [-0.3, -0.25) is 0 Å². The zero-order valence-electron chi connectivity index (χ0n) is 13.3. The summed E-state index contributed by atoms with van der Waals surface area (Å²) in [5.41, 5.74) is 1.79. The van der Waals surface area contributed by atoms with Crippen LogP contribution in [0.2, 0.25) is 0 Å². The molecule has 4 rings (SSSR count). The van der Waals surface area contributed by atoms with Gasteiger partial charge in [-0.05, 0) is 56.7 Å². The van der Waals surface area contributed by atoms with Crippen LogP contribution in [0.5, 0.6) is 0 Å². The van der Waals surface area contributed by atoms with E-state index in [-0.39, 0.29) is 17.2 Å². The van der Waals surface area contributed by atoms with Crippen molar-refractivity contribution in [3.8, 4) is 0 Å². The Bertz CT molecular complexity index is 592. The third-order valence-corrected chi connectivity index (χ3v) is 5.91. The van der Waals surface area contributed by atoms with Crippen LogP contribution >= 0.6 is 0 Å². The van der Waals surface area contributed by atoms with Gasteiger partial charge in [-0.15, -0.1) is 0 Å². The molecule has 3 fully saturated rings. The molecule has 2 saturated carbocycles. The summed E-state index contributed by atoms with van der Waals surface area (Å²) in [7, 11) is 0. The smallest absolute Gasteiger partial charge is 0.319 e. The lowest BCUT2D eigenvalue weighted by Crippen LogP contribution is -2.52. The van der Waals surface area contributed by atoms with E-state index in [1.54, 1.807) is 0 Å². The predicted octanol–water partition coefficient (Wildman–Crippen LogP) is 3.64. The molecule has 2 unspecified atom stereocenters. The number of rotatable bonds is 3. The summed E-state index contributed by atoms with van der Waals surface area (Å²) in [6.07, 6.45) is 4.96. The number of hydrogen-bond acceptors (Lipinski definition) is 2. The number of amides is 2. The Morgan fingerprint density at radius 3 is 2.45 bits per heavy atom. The fraction of sp³-hybridized carbons (Fsp3) is 0.611. The minimum atomic E-state index is -0.275. The third kappa shape index (κ3) is 2.12. The zero-order chi connectivity index (χ0) is 15.4. The number of carbonyl (C=O) groups excluding carboxylic acids is 1. The number of benzene rings is 1. The molecule has 2 aliphatic carbocycles. The van der Waals surface area contributed by atoms with Crippen LogP contribution < -0.4 is 10.6 Å². The Kier molecular flexibility index (Phi) is 3.02. The van der Waals surface area contributed by atoms with Gasteiger partial charge in [0.25, 0.3) is 0 Å². The van der Waals surface area contributed by atoms with E-state index in [9.17, 15) is 4.79 Å². The van der Waals surface area contributed by atoms with Crippen molar-refractivity contribution in [2.75, 3.05) is 11.9 Å². The molecule has 118 valence electrons. The van der Waals surface area contributed by atoms with Crippen molar-refractivity contribution in [2.45, 2.75) is 56.6 Å². The minimum absolute atomic E-state index is 0.127. The Morgan fingerprint density at radius 2 is 1.95 bits per heavy atom. The molecule has 1 heterocycles. The number of hydrogen-bond donors (Lipinski definition) is 2. The molecule has 4 nitrogen and oxygen atoms in total. The maximum Gasteiger partial charge on any atom is 0.319 e. The van der Waals surface area contributed by atoms with E-state index < -0.39 is 0 Å². The summed E-state index contributed by atoms with van der Waals surface area (Å²) >= 11 is 0. The molecule has 3 aliphatic rings. The summed E-state index contributed by atoms with van der Waals surface area (Å²) in [6, 6.07) is 8.16. The quantitative estimate of drug-likeness (QED) is 0.895. The Hall–Kier alpha value is -1.55.